The summed E-state index contributed by atoms with van der Waals surface area (Å²) in [6.07, 6.45) is 2.85. The van der Waals surface area contributed by atoms with Crippen LogP contribution in [0.25, 0.3) is 0 Å². The van der Waals surface area contributed by atoms with Crippen molar-refractivity contribution in [3.63, 3.8) is 0 Å². The van der Waals surface area contributed by atoms with E-state index in [1.807, 2.05) is 18.2 Å². The molecule has 21 heavy (non-hydrogen) atoms. The first-order valence-electron chi connectivity index (χ1n) is 6.72. The number of carbonyl (C=O) groups excluding carboxylic acids is 1. The smallest absolute Gasteiger partial charge is 0.365 e. The van der Waals surface area contributed by atoms with Gasteiger partial charge in [0.05, 0.1) is 0 Å². The number of aliphatic carboxylic acids is 1. The molecule has 0 amide bonds. The maximum atomic E-state index is 11.8. The average Bonchev–Trinajstić information content (AvgIpc) is 3.08. The van der Waals surface area contributed by atoms with Crippen LogP contribution in [0.15, 0.2) is 47.2 Å². The maximum absolute atomic E-state index is 11.8. The standard InChI is InChI=1S/C15H14N2O4/c18-14(19)12-7-4-8-17(12)9-11-15(20)21-13(16-11)10-5-2-1-3-6-10/h1-3,5-6,9,12H,4,7-8H2,(H,18,19)/b11-9-/t12-/m0/s1. The number of carbonyl (C=O) groups is 2. The molecule has 108 valence electrons. The van der Waals surface area contributed by atoms with Crippen LogP contribution >= 0.6 is 0 Å². The molecule has 0 aliphatic carbocycles. The summed E-state index contributed by atoms with van der Waals surface area (Å²) < 4.78 is 5.13. The Kier molecular flexibility index (Phi) is 3.43. The van der Waals surface area contributed by atoms with Gasteiger partial charge in [-0.2, -0.15) is 0 Å². The van der Waals surface area contributed by atoms with Crippen LogP contribution in [0.3, 0.4) is 0 Å². The summed E-state index contributed by atoms with van der Waals surface area (Å²) in [5.74, 6) is -1.19. The van der Waals surface area contributed by atoms with E-state index >= 15 is 0 Å². The van der Waals surface area contributed by atoms with Crippen LogP contribution in [0.5, 0.6) is 0 Å². The number of cyclic esters (lactones) is 1. The predicted octanol–water partition coefficient (Wildman–Crippen LogP) is 1.38. The number of rotatable bonds is 3. The number of likely N-dealkylation sites (tertiary alicyclic amines) is 1. The van der Waals surface area contributed by atoms with E-state index in [9.17, 15) is 9.59 Å². The van der Waals surface area contributed by atoms with Crippen molar-refractivity contribution in [2.75, 3.05) is 6.54 Å². The summed E-state index contributed by atoms with van der Waals surface area (Å²) in [7, 11) is 0. The van der Waals surface area contributed by atoms with Gasteiger partial charge in [-0.25, -0.2) is 14.6 Å². The van der Waals surface area contributed by atoms with Crippen LogP contribution in [-0.4, -0.2) is 40.4 Å². The Morgan fingerprint density at radius 2 is 2.14 bits per heavy atom. The SMILES string of the molecule is O=C1OC(c2ccccc2)=N/C1=C\N1CCC[C@H]1C(=O)O. The number of carboxylic acids is 1. The molecule has 0 radical (unpaired) electrons. The van der Waals surface area contributed by atoms with E-state index in [1.165, 1.54) is 6.20 Å². The normalized spacial score (nSPS) is 23.3. The minimum Gasteiger partial charge on any atom is -0.480 e. The van der Waals surface area contributed by atoms with Gasteiger partial charge in [0.25, 0.3) is 0 Å². The quantitative estimate of drug-likeness (QED) is 0.671. The first kappa shape index (κ1) is 13.4. The van der Waals surface area contributed by atoms with Gasteiger partial charge in [-0.3, -0.25) is 0 Å². The zero-order chi connectivity index (χ0) is 14.8. The molecule has 1 aromatic rings. The minimum absolute atomic E-state index is 0.141. The molecule has 2 heterocycles. The zero-order valence-corrected chi connectivity index (χ0v) is 11.2. The van der Waals surface area contributed by atoms with Gasteiger partial charge in [-0.05, 0) is 25.0 Å². The highest BCUT2D eigenvalue weighted by Gasteiger charge is 2.31. The molecule has 0 saturated carbocycles. The van der Waals surface area contributed by atoms with Crippen molar-refractivity contribution in [1.82, 2.24) is 4.90 Å². The number of benzene rings is 1. The molecule has 0 aromatic heterocycles. The lowest BCUT2D eigenvalue weighted by Gasteiger charge is -2.18. The fourth-order valence-corrected chi connectivity index (χ4v) is 2.47. The Morgan fingerprint density at radius 1 is 1.38 bits per heavy atom. The fraction of sp³-hybridized carbons (Fsp3) is 0.267. The molecule has 6 nitrogen and oxygen atoms in total. The molecule has 0 bridgehead atoms. The van der Waals surface area contributed by atoms with E-state index in [1.54, 1.807) is 17.0 Å². The average molecular weight is 286 g/mol. The topological polar surface area (TPSA) is 79.2 Å². The van der Waals surface area contributed by atoms with Gasteiger partial charge in [0, 0.05) is 18.3 Å². The number of hydrogen-bond acceptors (Lipinski definition) is 5. The number of hydrogen-bond donors (Lipinski definition) is 1. The van der Waals surface area contributed by atoms with Crippen LogP contribution in [0.2, 0.25) is 0 Å². The molecule has 1 N–H and O–H groups in total. The van der Waals surface area contributed by atoms with Crippen molar-refractivity contribution in [1.29, 1.82) is 0 Å². The van der Waals surface area contributed by atoms with Crippen molar-refractivity contribution in [2.24, 2.45) is 4.99 Å². The lowest BCUT2D eigenvalue weighted by molar-refractivity contribution is -0.141. The molecule has 1 atom stereocenters. The molecule has 2 aliphatic rings. The second kappa shape index (κ2) is 5.40. The molecule has 0 unspecified atom stereocenters. The number of ether oxygens (including phenoxy) is 1. The van der Waals surface area contributed by atoms with E-state index in [0.29, 0.717) is 18.5 Å². The van der Waals surface area contributed by atoms with Crippen LogP contribution in [0.4, 0.5) is 0 Å². The minimum atomic E-state index is -0.886. The third-order valence-electron chi connectivity index (χ3n) is 3.51. The van der Waals surface area contributed by atoms with E-state index in [-0.39, 0.29) is 11.6 Å². The van der Waals surface area contributed by atoms with E-state index in [2.05, 4.69) is 4.99 Å². The number of carboxylic acid groups (broad SMARTS) is 1. The second-order valence-electron chi connectivity index (χ2n) is 4.92. The number of aliphatic imine (C=N–C) groups is 1. The third kappa shape index (κ3) is 2.65. The van der Waals surface area contributed by atoms with Crippen molar-refractivity contribution in [2.45, 2.75) is 18.9 Å². The molecule has 1 aromatic carbocycles. The van der Waals surface area contributed by atoms with Crippen LogP contribution in [0.1, 0.15) is 18.4 Å². The van der Waals surface area contributed by atoms with Gasteiger partial charge in [-0.15, -0.1) is 0 Å². The van der Waals surface area contributed by atoms with Gasteiger partial charge in [0.15, 0.2) is 5.70 Å². The summed E-state index contributed by atoms with van der Waals surface area (Å²) in [6.45, 7) is 0.601. The predicted molar refractivity (Wildman–Crippen MR) is 74.5 cm³/mol. The fourth-order valence-electron chi connectivity index (χ4n) is 2.47. The first-order chi connectivity index (χ1) is 10.1. The number of esters is 1. The summed E-state index contributed by atoms with van der Waals surface area (Å²) in [4.78, 5) is 28.8. The Hall–Kier alpha value is -2.63. The lowest BCUT2D eigenvalue weighted by atomic mass is 10.2. The molecule has 6 heteroatoms. The Balaban J connectivity index is 1.85. The summed E-state index contributed by atoms with van der Waals surface area (Å²) in [5, 5.41) is 9.13. The van der Waals surface area contributed by atoms with E-state index in [0.717, 1.165) is 6.42 Å². The molecule has 3 rings (SSSR count). The molecular formula is C15H14N2O4. The lowest BCUT2D eigenvalue weighted by Crippen LogP contribution is -2.32. The Morgan fingerprint density at radius 3 is 2.86 bits per heavy atom. The van der Waals surface area contributed by atoms with Crippen LogP contribution in [0, 0.1) is 0 Å². The molecule has 1 fully saturated rings. The highest BCUT2D eigenvalue weighted by Crippen LogP contribution is 2.22. The summed E-state index contributed by atoms with van der Waals surface area (Å²) in [5.41, 5.74) is 0.854. The van der Waals surface area contributed by atoms with Crippen molar-refractivity contribution in [3.05, 3.63) is 47.8 Å². The van der Waals surface area contributed by atoms with Gasteiger partial charge < -0.3 is 14.7 Å². The largest absolute Gasteiger partial charge is 0.480 e. The van der Waals surface area contributed by atoms with Gasteiger partial charge in [0.2, 0.25) is 5.90 Å². The highest BCUT2D eigenvalue weighted by atomic mass is 16.6. The third-order valence-corrected chi connectivity index (χ3v) is 3.51. The molecule has 2 aliphatic heterocycles. The second-order valence-corrected chi connectivity index (χ2v) is 4.92. The van der Waals surface area contributed by atoms with Crippen molar-refractivity contribution in [3.8, 4) is 0 Å². The summed E-state index contributed by atoms with van der Waals surface area (Å²) >= 11 is 0. The van der Waals surface area contributed by atoms with Gasteiger partial charge in [-0.1, -0.05) is 18.2 Å². The number of nitrogens with zero attached hydrogens (tertiary/aromatic N) is 2. The molecule has 1 saturated heterocycles. The maximum Gasteiger partial charge on any atom is 0.365 e. The van der Waals surface area contributed by atoms with Crippen molar-refractivity contribution < 1.29 is 19.4 Å². The van der Waals surface area contributed by atoms with Crippen molar-refractivity contribution >= 4 is 17.8 Å². The first-order valence-corrected chi connectivity index (χ1v) is 6.72. The van der Waals surface area contributed by atoms with E-state index < -0.39 is 18.0 Å². The van der Waals surface area contributed by atoms with E-state index in [4.69, 9.17) is 9.84 Å². The zero-order valence-electron chi connectivity index (χ0n) is 11.2. The van der Waals surface area contributed by atoms with Crippen LogP contribution < -0.4 is 0 Å². The summed E-state index contributed by atoms with van der Waals surface area (Å²) in [6, 6.07) is 8.51. The van der Waals surface area contributed by atoms with Gasteiger partial charge >= 0.3 is 11.9 Å². The molecular weight excluding hydrogens is 272 g/mol. The highest BCUT2D eigenvalue weighted by molar-refractivity contribution is 6.11. The van der Waals surface area contributed by atoms with Gasteiger partial charge in [0.1, 0.15) is 6.04 Å². The molecule has 0 spiro atoms. The Labute approximate surface area is 121 Å². The van der Waals surface area contributed by atoms with Crippen LogP contribution in [-0.2, 0) is 14.3 Å². The monoisotopic (exact) mass is 286 g/mol. The Bertz CT molecular complexity index is 636.